The normalized spacial score (nSPS) is 38.2. The molecule has 1 unspecified atom stereocenters. The van der Waals surface area contributed by atoms with Gasteiger partial charge in [0.2, 0.25) is 0 Å². The van der Waals surface area contributed by atoms with Crippen LogP contribution in [0.15, 0.2) is 30.9 Å². The molecule has 4 rings (SSSR count). The van der Waals surface area contributed by atoms with Crippen molar-refractivity contribution in [3.63, 3.8) is 0 Å². The van der Waals surface area contributed by atoms with Gasteiger partial charge in [-0.1, -0.05) is 31.9 Å². The van der Waals surface area contributed by atoms with E-state index in [2.05, 4.69) is 31.0 Å². The Bertz CT molecular complexity index is 746. The highest BCUT2D eigenvalue weighted by Gasteiger charge is 2.63. The fourth-order valence-corrected chi connectivity index (χ4v) is 7.58. The third-order valence-electron chi connectivity index (χ3n) is 8.86. The molecule has 1 aromatic rings. The van der Waals surface area contributed by atoms with E-state index in [0.717, 1.165) is 38.6 Å². The Morgan fingerprint density at radius 3 is 2.83 bits per heavy atom. The maximum absolute atomic E-state index is 11.0. The number of aliphatic hydroxyl groups is 1. The number of unbranched alkanes of at least 4 members (excludes halogenated alkanes) is 2. The first-order valence-electron chi connectivity index (χ1n) is 11.7. The van der Waals surface area contributed by atoms with Crippen molar-refractivity contribution >= 4 is 0 Å². The topological polar surface area (TPSA) is 52.5 Å². The molecule has 0 saturated heterocycles. The number of phenols is 1. The highest BCUT2D eigenvalue weighted by atomic mass is 16.3. The van der Waals surface area contributed by atoms with Crippen molar-refractivity contribution in [2.45, 2.75) is 76.7 Å². The summed E-state index contributed by atoms with van der Waals surface area (Å²) in [6.45, 7) is 7.83. The van der Waals surface area contributed by atoms with Crippen LogP contribution >= 0.6 is 0 Å². The molecule has 29 heavy (non-hydrogen) atoms. The first kappa shape index (κ1) is 20.9. The van der Waals surface area contributed by atoms with Crippen LogP contribution in [-0.4, -0.2) is 29.9 Å². The maximum Gasteiger partial charge on any atom is 0.115 e. The molecule has 0 spiro atoms. The lowest BCUT2D eigenvalue weighted by atomic mass is 9.44. The molecule has 160 valence electrons. The highest BCUT2D eigenvalue weighted by molar-refractivity contribution is 5.43. The van der Waals surface area contributed by atoms with E-state index in [1.165, 1.54) is 36.8 Å². The van der Waals surface area contributed by atoms with Crippen molar-refractivity contribution in [2.75, 3.05) is 13.6 Å². The molecule has 0 bridgehead atoms. The lowest BCUT2D eigenvalue weighted by Crippen LogP contribution is -2.54. The van der Waals surface area contributed by atoms with Gasteiger partial charge >= 0.3 is 0 Å². The summed E-state index contributed by atoms with van der Waals surface area (Å²) in [4.78, 5) is 0. The molecule has 3 aliphatic rings. The highest BCUT2D eigenvalue weighted by Crippen LogP contribution is 2.69. The largest absolute Gasteiger partial charge is 0.508 e. The molecular formula is C26H39NO2. The molecule has 2 fully saturated rings. The minimum Gasteiger partial charge on any atom is -0.508 e. The average Bonchev–Trinajstić information content (AvgIpc) is 3.02. The van der Waals surface area contributed by atoms with Gasteiger partial charge in [-0.05, 0) is 110 Å². The summed E-state index contributed by atoms with van der Waals surface area (Å²) < 4.78 is 0. The number of aromatic hydroxyl groups is 1. The summed E-state index contributed by atoms with van der Waals surface area (Å²) in [5, 5.41) is 24.3. The maximum atomic E-state index is 11.0. The summed E-state index contributed by atoms with van der Waals surface area (Å²) in [5.74, 6) is 1.93. The van der Waals surface area contributed by atoms with Crippen LogP contribution < -0.4 is 5.32 Å². The molecule has 3 N–H and O–H groups in total. The first-order chi connectivity index (χ1) is 14.0. The second kappa shape index (κ2) is 8.07. The van der Waals surface area contributed by atoms with Crippen LogP contribution in [-0.2, 0) is 6.42 Å². The Hall–Kier alpha value is -1.32. The molecule has 0 aromatic heterocycles. The number of benzene rings is 1. The monoisotopic (exact) mass is 397 g/mol. The summed E-state index contributed by atoms with van der Waals surface area (Å²) >= 11 is 0. The van der Waals surface area contributed by atoms with E-state index in [9.17, 15) is 10.2 Å². The molecule has 0 heterocycles. The Morgan fingerprint density at radius 2 is 2.07 bits per heavy atom. The smallest absolute Gasteiger partial charge is 0.115 e. The lowest BCUT2D eigenvalue weighted by Gasteiger charge is -2.60. The lowest BCUT2D eigenvalue weighted by molar-refractivity contribution is -0.0812. The summed E-state index contributed by atoms with van der Waals surface area (Å²) in [6, 6.07) is 6.05. The molecule has 0 amide bonds. The van der Waals surface area contributed by atoms with Gasteiger partial charge in [0, 0.05) is 0 Å². The van der Waals surface area contributed by atoms with E-state index in [-0.39, 0.29) is 16.9 Å². The van der Waals surface area contributed by atoms with Crippen molar-refractivity contribution in [3.8, 4) is 5.75 Å². The molecule has 3 aliphatic carbocycles. The van der Waals surface area contributed by atoms with E-state index in [4.69, 9.17) is 0 Å². The van der Waals surface area contributed by atoms with Gasteiger partial charge in [0.25, 0.3) is 0 Å². The zero-order chi connectivity index (χ0) is 20.6. The Labute approximate surface area is 176 Å². The molecular weight excluding hydrogens is 358 g/mol. The number of allylic oxidation sites excluding steroid dienone is 1. The summed E-state index contributed by atoms with van der Waals surface area (Å²) in [6.07, 6.45) is 12.3. The van der Waals surface area contributed by atoms with Crippen LogP contribution in [0.3, 0.4) is 0 Å². The zero-order valence-electron chi connectivity index (χ0n) is 18.3. The number of aliphatic hydroxyl groups excluding tert-OH is 1. The number of rotatable bonds is 7. The second-order valence-electron chi connectivity index (χ2n) is 10.2. The fourth-order valence-electron chi connectivity index (χ4n) is 7.58. The van der Waals surface area contributed by atoms with E-state index >= 15 is 0 Å². The van der Waals surface area contributed by atoms with Gasteiger partial charge < -0.3 is 15.5 Å². The fraction of sp³-hybridized carbons (Fsp3) is 0.692. The van der Waals surface area contributed by atoms with Gasteiger partial charge in [-0.2, -0.15) is 0 Å². The van der Waals surface area contributed by atoms with Crippen molar-refractivity contribution in [1.82, 2.24) is 5.32 Å². The molecule has 6 atom stereocenters. The van der Waals surface area contributed by atoms with Gasteiger partial charge in [-0.15, -0.1) is 6.58 Å². The average molecular weight is 398 g/mol. The first-order valence-corrected chi connectivity index (χ1v) is 11.7. The van der Waals surface area contributed by atoms with E-state index in [1.54, 1.807) is 0 Å². The standard InChI is InChI=1S/C26H39NO2/c1-4-26-14-13-18-16-20(28)9-10-21(18)24(26)19(8-6-5-7-15-27-3)17-25(2)22(26)11-12-23(25)29/h4,9-10,16,19,22-24,27-29H,1,5-8,11-15,17H2,2-3H3/t19-,22+,23-,24+,25-,26?/m0/s1. The van der Waals surface area contributed by atoms with Crippen LogP contribution in [0, 0.1) is 22.7 Å². The van der Waals surface area contributed by atoms with Crippen molar-refractivity contribution in [3.05, 3.63) is 42.0 Å². The number of nitrogens with one attached hydrogen (secondary N) is 1. The predicted molar refractivity (Wildman–Crippen MR) is 119 cm³/mol. The van der Waals surface area contributed by atoms with Crippen LogP contribution in [0.5, 0.6) is 5.75 Å². The van der Waals surface area contributed by atoms with E-state index < -0.39 is 0 Å². The number of aryl methyl sites for hydroxylation is 1. The van der Waals surface area contributed by atoms with Gasteiger partial charge in [0.15, 0.2) is 0 Å². The van der Waals surface area contributed by atoms with E-state index in [0.29, 0.717) is 23.5 Å². The van der Waals surface area contributed by atoms with Crippen LogP contribution in [0.4, 0.5) is 0 Å². The summed E-state index contributed by atoms with van der Waals surface area (Å²) in [7, 11) is 2.02. The molecule has 0 aliphatic heterocycles. The molecule has 1 aromatic carbocycles. The Morgan fingerprint density at radius 1 is 1.24 bits per heavy atom. The van der Waals surface area contributed by atoms with Crippen LogP contribution in [0.1, 0.15) is 75.3 Å². The Balaban J connectivity index is 1.71. The minimum atomic E-state index is -0.182. The molecule has 2 saturated carbocycles. The summed E-state index contributed by atoms with van der Waals surface area (Å²) in [5.41, 5.74) is 2.85. The molecule has 0 radical (unpaired) electrons. The van der Waals surface area contributed by atoms with Gasteiger partial charge in [0.05, 0.1) is 6.10 Å². The minimum absolute atomic E-state index is 0.00868. The third-order valence-corrected chi connectivity index (χ3v) is 8.86. The van der Waals surface area contributed by atoms with Gasteiger partial charge in [0.1, 0.15) is 5.75 Å². The molecule has 3 nitrogen and oxygen atoms in total. The number of fused-ring (bicyclic) bond motifs is 5. The zero-order valence-corrected chi connectivity index (χ0v) is 18.3. The SMILES string of the molecule is C=CC12CCc3cc(O)ccc3[C@H]1[C@@H](CCCCCNC)C[C@]1(C)[C@@H](O)CC[C@@H]21. The van der Waals surface area contributed by atoms with Gasteiger partial charge in [-0.25, -0.2) is 0 Å². The second-order valence-corrected chi connectivity index (χ2v) is 10.2. The van der Waals surface area contributed by atoms with Gasteiger partial charge in [-0.3, -0.25) is 0 Å². The quantitative estimate of drug-likeness (QED) is 0.439. The van der Waals surface area contributed by atoms with Crippen LogP contribution in [0.2, 0.25) is 0 Å². The van der Waals surface area contributed by atoms with Crippen LogP contribution in [0.25, 0.3) is 0 Å². The Kier molecular flexibility index (Phi) is 5.83. The van der Waals surface area contributed by atoms with Crippen molar-refractivity contribution in [1.29, 1.82) is 0 Å². The van der Waals surface area contributed by atoms with Crippen molar-refractivity contribution < 1.29 is 10.2 Å². The van der Waals surface area contributed by atoms with Crippen molar-refractivity contribution in [2.24, 2.45) is 22.7 Å². The molecule has 3 heteroatoms. The number of hydrogen-bond acceptors (Lipinski definition) is 3. The van der Waals surface area contributed by atoms with E-state index in [1.807, 2.05) is 19.2 Å². The number of hydrogen-bond donors (Lipinski definition) is 3. The number of phenolic OH excluding ortho intramolecular Hbond substituents is 1. The predicted octanol–water partition coefficient (Wildman–Crippen LogP) is 5.17. The third kappa shape index (κ3) is 3.35.